The highest BCUT2D eigenvalue weighted by atomic mass is 14.4. The Labute approximate surface area is 82.1 Å². The maximum absolute atomic E-state index is 8.64. The minimum absolute atomic E-state index is 0.434. The third-order valence-electron chi connectivity index (χ3n) is 2.90. The monoisotopic (exact) mass is 179 g/mol. The molecule has 2 aliphatic rings. The summed E-state index contributed by atoms with van der Waals surface area (Å²) in [5.41, 5.74) is 0. The zero-order chi connectivity index (χ0) is 9.84. The van der Waals surface area contributed by atoms with Crippen LogP contribution < -0.4 is 0 Å². The molecule has 0 aromatic rings. The van der Waals surface area contributed by atoms with E-state index >= 15 is 0 Å². The van der Waals surface area contributed by atoms with Crippen LogP contribution in [0.2, 0.25) is 0 Å². The van der Waals surface area contributed by atoms with Crippen LogP contribution in [-0.2, 0) is 0 Å². The van der Waals surface area contributed by atoms with Crippen LogP contribution in [0.1, 0.15) is 46.5 Å². The van der Waals surface area contributed by atoms with Gasteiger partial charge in [-0.3, -0.25) is 0 Å². The maximum Gasteiger partial charge on any atom is 0.0658 e. The van der Waals surface area contributed by atoms with Gasteiger partial charge in [0.05, 0.1) is 6.07 Å². The van der Waals surface area contributed by atoms with E-state index in [1.54, 1.807) is 0 Å². The van der Waals surface area contributed by atoms with Crippen molar-refractivity contribution in [2.75, 3.05) is 0 Å². The summed E-state index contributed by atoms with van der Waals surface area (Å²) in [7, 11) is 0. The molecule has 2 aliphatic carbocycles. The first-order valence-electron chi connectivity index (χ1n) is 5.53. The first-order valence-corrected chi connectivity index (χ1v) is 5.53. The van der Waals surface area contributed by atoms with Gasteiger partial charge in [0.1, 0.15) is 0 Å². The van der Waals surface area contributed by atoms with E-state index in [0.29, 0.717) is 5.92 Å². The molecule has 0 aliphatic heterocycles. The molecule has 3 unspecified atom stereocenters. The maximum atomic E-state index is 8.64. The Balaban J connectivity index is 0.000000184. The molecule has 0 amide bonds. The summed E-state index contributed by atoms with van der Waals surface area (Å²) in [4.78, 5) is 0. The SMILES string of the molecule is CC(C)C.N#CC1CC2CCC1C2. The lowest BCUT2D eigenvalue weighted by Gasteiger charge is -2.12. The number of hydrogen-bond donors (Lipinski definition) is 0. The molecule has 0 saturated heterocycles. The predicted molar refractivity (Wildman–Crippen MR) is 55.1 cm³/mol. The molecule has 0 N–H and O–H groups in total. The van der Waals surface area contributed by atoms with E-state index in [9.17, 15) is 0 Å². The Kier molecular flexibility index (Phi) is 3.78. The minimum Gasteiger partial charge on any atom is -0.198 e. The van der Waals surface area contributed by atoms with E-state index in [4.69, 9.17) is 5.26 Å². The van der Waals surface area contributed by atoms with Crippen molar-refractivity contribution in [2.45, 2.75) is 46.5 Å². The van der Waals surface area contributed by atoms with E-state index in [1.807, 2.05) is 0 Å². The lowest BCUT2D eigenvalue weighted by atomic mass is 9.90. The van der Waals surface area contributed by atoms with E-state index < -0.39 is 0 Å². The summed E-state index contributed by atoms with van der Waals surface area (Å²) in [6.45, 7) is 6.50. The topological polar surface area (TPSA) is 23.8 Å². The molecular weight excluding hydrogens is 158 g/mol. The molecule has 2 bridgehead atoms. The van der Waals surface area contributed by atoms with E-state index in [2.05, 4.69) is 26.8 Å². The van der Waals surface area contributed by atoms with Crippen LogP contribution in [0.4, 0.5) is 0 Å². The Hall–Kier alpha value is -0.510. The van der Waals surface area contributed by atoms with Gasteiger partial charge in [-0.2, -0.15) is 5.26 Å². The van der Waals surface area contributed by atoms with Crippen molar-refractivity contribution in [1.29, 1.82) is 5.26 Å². The third kappa shape index (κ3) is 3.03. The van der Waals surface area contributed by atoms with Gasteiger partial charge in [0, 0.05) is 5.92 Å². The molecule has 1 nitrogen and oxygen atoms in total. The van der Waals surface area contributed by atoms with Gasteiger partial charge >= 0.3 is 0 Å². The van der Waals surface area contributed by atoms with Crippen molar-refractivity contribution in [3.05, 3.63) is 0 Å². The van der Waals surface area contributed by atoms with Crippen molar-refractivity contribution in [2.24, 2.45) is 23.7 Å². The Morgan fingerprint density at radius 2 is 1.77 bits per heavy atom. The molecule has 2 rings (SSSR count). The molecule has 1 heteroatoms. The molecule has 0 spiro atoms. The van der Waals surface area contributed by atoms with Crippen molar-refractivity contribution in [1.82, 2.24) is 0 Å². The van der Waals surface area contributed by atoms with Gasteiger partial charge in [0.25, 0.3) is 0 Å². The zero-order valence-electron chi connectivity index (χ0n) is 9.09. The predicted octanol–water partition coefficient (Wildman–Crippen LogP) is 3.61. The van der Waals surface area contributed by atoms with E-state index in [0.717, 1.165) is 17.8 Å². The number of rotatable bonds is 0. The average Bonchev–Trinajstić information content (AvgIpc) is 2.62. The summed E-state index contributed by atoms with van der Waals surface area (Å²) < 4.78 is 0. The second-order valence-corrected chi connectivity index (χ2v) is 5.14. The fourth-order valence-corrected chi connectivity index (χ4v) is 2.40. The number of nitriles is 1. The molecule has 3 atom stereocenters. The minimum atomic E-state index is 0.434. The number of nitrogens with zero attached hydrogens (tertiary/aromatic N) is 1. The van der Waals surface area contributed by atoms with Gasteiger partial charge in [-0.25, -0.2) is 0 Å². The van der Waals surface area contributed by atoms with Gasteiger partial charge < -0.3 is 0 Å². The first kappa shape index (κ1) is 10.6. The van der Waals surface area contributed by atoms with Crippen LogP contribution in [0.5, 0.6) is 0 Å². The summed E-state index contributed by atoms with van der Waals surface area (Å²) >= 11 is 0. The molecule has 13 heavy (non-hydrogen) atoms. The molecule has 0 aromatic heterocycles. The second-order valence-electron chi connectivity index (χ2n) is 5.14. The van der Waals surface area contributed by atoms with Crippen LogP contribution in [0.25, 0.3) is 0 Å². The molecular formula is C12H21N. The molecule has 0 aromatic carbocycles. The van der Waals surface area contributed by atoms with Crippen LogP contribution >= 0.6 is 0 Å². The summed E-state index contributed by atoms with van der Waals surface area (Å²) in [5.74, 6) is 2.99. The summed E-state index contributed by atoms with van der Waals surface area (Å²) in [6.07, 6.45) is 5.31. The highest BCUT2D eigenvalue weighted by Gasteiger charge is 2.39. The van der Waals surface area contributed by atoms with Gasteiger partial charge in [-0.05, 0) is 37.0 Å². The lowest BCUT2D eigenvalue weighted by molar-refractivity contribution is 0.402. The summed E-state index contributed by atoms with van der Waals surface area (Å²) in [6, 6.07) is 2.40. The third-order valence-corrected chi connectivity index (χ3v) is 2.90. The van der Waals surface area contributed by atoms with Crippen molar-refractivity contribution >= 4 is 0 Å². The molecule has 2 fully saturated rings. The van der Waals surface area contributed by atoms with Crippen LogP contribution in [-0.4, -0.2) is 0 Å². The smallest absolute Gasteiger partial charge is 0.0658 e. The average molecular weight is 179 g/mol. The number of fused-ring (bicyclic) bond motifs is 2. The van der Waals surface area contributed by atoms with Gasteiger partial charge in [-0.15, -0.1) is 0 Å². The Morgan fingerprint density at radius 1 is 1.15 bits per heavy atom. The highest BCUT2D eigenvalue weighted by Crippen LogP contribution is 2.47. The summed E-state index contributed by atoms with van der Waals surface area (Å²) in [5, 5.41) is 8.64. The Morgan fingerprint density at radius 3 is 2.00 bits per heavy atom. The molecule has 0 heterocycles. The van der Waals surface area contributed by atoms with Gasteiger partial charge in [0.2, 0.25) is 0 Å². The van der Waals surface area contributed by atoms with E-state index in [1.165, 1.54) is 25.7 Å². The van der Waals surface area contributed by atoms with Gasteiger partial charge in [-0.1, -0.05) is 27.2 Å². The molecule has 0 radical (unpaired) electrons. The van der Waals surface area contributed by atoms with Gasteiger partial charge in [0.15, 0.2) is 0 Å². The standard InChI is InChI=1S/C8H11N.C4H10/c9-5-8-4-6-1-2-7(8)3-6;1-4(2)3/h6-8H,1-4H2;4H,1-3H3. The van der Waals surface area contributed by atoms with Crippen LogP contribution in [0.3, 0.4) is 0 Å². The lowest BCUT2D eigenvalue weighted by Crippen LogP contribution is -2.06. The second kappa shape index (κ2) is 4.65. The number of hydrogen-bond acceptors (Lipinski definition) is 1. The van der Waals surface area contributed by atoms with Crippen molar-refractivity contribution in [3.8, 4) is 6.07 Å². The fraction of sp³-hybridized carbons (Fsp3) is 0.917. The van der Waals surface area contributed by atoms with Crippen LogP contribution in [0.15, 0.2) is 0 Å². The Bertz CT molecular complexity index is 187. The van der Waals surface area contributed by atoms with E-state index in [-0.39, 0.29) is 0 Å². The van der Waals surface area contributed by atoms with Crippen LogP contribution in [0, 0.1) is 35.0 Å². The molecule has 2 saturated carbocycles. The largest absolute Gasteiger partial charge is 0.198 e. The highest BCUT2D eigenvalue weighted by molar-refractivity contribution is 4.99. The first-order chi connectivity index (χ1) is 6.13. The quantitative estimate of drug-likeness (QED) is 0.557. The van der Waals surface area contributed by atoms with Crippen molar-refractivity contribution < 1.29 is 0 Å². The molecule has 74 valence electrons. The zero-order valence-corrected chi connectivity index (χ0v) is 9.09. The normalized spacial score (nSPS) is 35.5. The van der Waals surface area contributed by atoms with Crippen molar-refractivity contribution in [3.63, 3.8) is 0 Å². The fourth-order valence-electron chi connectivity index (χ4n) is 2.40.